The third-order valence-electron chi connectivity index (χ3n) is 6.95. The van der Waals surface area contributed by atoms with Crippen molar-refractivity contribution in [3.8, 4) is 0 Å². The number of amides is 3. The molecule has 1 fully saturated rings. The van der Waals surface area contributed by atoms with Crippen molar-refractivity contribution in [1.29, 1.82) is 0 Å². The molecule has 0 aliphatic heterocycles. The number of nitrogens with zero attached hydrogens (tertiary/aromatic N) is 1. The molecular weight excluding hydrogens is 483 g/mol. The van der Waals surface area contributed by atoms with Crippen molar-refractivity contribution >= 4 is 23.4 Å². The van der Waals surface area contributed by atoms with Gasteiger partial charge in [-0.25, -0.2) is 4.39 Å². The molecule has 0 spiro atoms. The monoisotopic (exact) mass is 524 g/mol. The Hall–Kier alpha value is -3.26. The van der Waals surface area contributed by atoms with Gasteiger partial charge in [-0.3, -0.25) is 14.4 Å². The van der Waals surface area contributed by atoms with Crippen LogP contribution in [0.2, 0.25) is 0 Å². The second kappa shape index (κ2) is 14.0. The van der Waals surface area contributed by atoms with Gasteiger partial charge in [0.05, 0.1) is 0 Å². The van der Waals surface area contributed by atoms with Crippen LogP contribution in [0, 0.1) is 17.7 Å². The van der Waals surface area contributed by atoms with E-state index < -0.39 is 12.0 Å². The molecule has 4 N–H and O–H groups in total. The second-order valence-corrected chi connectivity index (χ2v) is 10.4. The maximum absolute atomic E-state index is 13.2. The van der Waals surface area contributed by atoms with Crippen LogP contribution in [0.3, 0.4) is 0 Å². The van der Waals surface area contributed by atoms with Gasteiger partial charge in [0.25, 0.3) is 11.8 Å². The maximum Gasteiger partial charge on any atom is 0.253 e. The van der Waals surface area contributed by atoms with Crippen LogP contribution in [-0.2, 0) is 4.79 Å². The Bertz CT molecular complexity index is 1080. The third kappa shape index (κ3) is 8.65. The fourth-order valence-corrected chi connectivity index (χ4v) is 4.61. The summed E-state index contributed by atoms with van der Waals surface area (Å²) < 4.78 is 13.2. The zero-order valence-electron chi connectivity index (χ0n) is 22.7. The first-order valence-corrected chi connectivity index (χ1v) is 13.7. The molecule has 3 amide bonds. The van der Waals surface area contributed by atoms with E-state index in [1.54, 1.807) is 31.2 Å². The molecule has 38 heavy (non-hydrogen) atoms. The lowest BCUT2D eigenvalue weighted by molar-refractivity contribution is -0.119. The number of carbonyl (C=O) groups excluding carboxylic acids is 3. The molecule has 206 valence electrons. The Balaban J connectivity index is 1.65. The molecule has 0 bridgehead atoms. The first-order chi connectivity index (χ1) is 18.2. The molecule has 0 radical (unpaired) electrons. The predicted octanol–water partition coefficient (Wildman–Crippen LogP) is 4.98. The van der Waals surface area contributed by atoms with Crippen molar-refractivity contribution in [2.45, 2.75) is 71.4 Å². The van der Waals surface area contributed by atoms with Crippen LogP contribution in [0.5, 0.6) is 0 Å². The summed E-state index contributed by atoms with van der Waals surface area (Å²) in [6.07, 6.45) is 5.08. The SMILES string of the molecule is CCCN(CCC)C(=O)c1cccc(C(=O)N[C@@H](CC2CC2)[C@@H](N)C[C@@H](C)C(=O)Nc2ccc(F)cc2)c1. The molecular formula is C30H41FN4O3. The van der Waals surface area contributed by atoms with Crippen molar-refractivity contribution in [2.75, 3.05) is 18.4 Å². The molecule has 0 saturated heterocycles. The molecule has 0 unspecified atom stereocenters. The number of hydrogen-bond acceptors (Lipinski definition) is 4. The molecule has 1 saturated carbocycles. The largest absolute Gasteiger partial charge is 0.348 e. The average molecular weight is 525 g/mol. The van der Waals surface area contributed by atoms with Crippen molar-refractivity contribution in [2.24, 2.45) is 17.6 Å². The number of nitrogens with two attached hydrogens (primary N) is 1. The fraction of sp³-hybridized carbons (Fsp3) is 0.500. The van der Waals surface area contributed by atoms with E-state index >= 15 is 0 Å². The minimum absolute atomic E-state index is 0.0735. The Morgan fingerprint density at radius 3 is 2.26 bits per heavy atom. The first-order valence-electron chi connectivity index (χ1n) is 13.7. The normalized spacial score (nSPS) is 15.3. The van der Waals surface area contributed by atoms with Gasteiger partial charge in [0, 0.05) is 47.9 Å². The van der Waals surface area contributed by atoms with E-state index in [0.29, 0.717) is 42.2 Å². The van der Waals surface area contributed by atoms with Gasteiger partial charge in [-0.05, 0) is 74.1 Å². The van der Waals surface area contributed by atoms with Gasteiger partial charge < -0.3 is 21.3 Å². The molecule has 2 aromatic rings. The highest BCUT2D eigenvalue weighted by molar-refractivity contribution is 5.99. The van der Waals surface area contributed by atoms with E-state index in [1.807, 2.05) is 18.7 Å². The zero-order chi connectivity index (χ0) is 27.7. The maximum atomic E-state index is 13.2. The van der Waals surface area contributed by atoms with Gasteiger partial charge in [-0.1, -0.05) is 39.7 Å². The number of nitrogens with one attached hydrogen (secondary N) is 2. The first kappa shape index (κ1) is 29.3. The molecule has 0 aromatic heterocycles. The number of hydrogen-bond donors (Lipinski definition) is 3. The molecule has 7 nitrogen and oxygen atoms in total. The molecule has 3 atom stereocenters. The highest BCUT2D eigenvalue weighted by atomic mass is 19.1. The second-order valence-electron chi connectivity index (χ2n) is 10.4. The number of halogens is 1. The van der Waals surface area contributed by atoms with Crippen LogP contribution < -0.4 is 16.4 Å². The Morgan fingerprint density at radius 2 is 1.66 bits per heavy atom. The molecule has 1 aliphatic carbocycles. The van der Waals surface area contributed by atoms with Gasteiger partial charge >= 0.3 is 0 Å². The van der Waals surface area contributed by atoms with Crippen LogP contribution in [0.15, 0.2) is 48.5 Å². The minimum Gasteiger partial charge on any atom is -0.348 e. The number of anilines is 1. The van der Waals surface area contributed by atoms with Gasteiger partial charge in [0.1, 0.15) is 5.82 Å². The van der Waals surface area contributed by atoms with Gasteiger partial charge in [0.15, 0.2) is 0 Å². The van der Waals surface area contributed by atoms with E-state index in [-0.39, 0.29) is 29.6 Å². The Labute approximate surface area is 225 Å². The van der Waals surface area contributed by atoms with Gasteiger partial charge in [-0.2, -0.15) is 0 Å². The summed E-state index contributed by atoms with van der Waals surface area (Å²) in [5.74, 6) is -0.821. The van der Waals surface area contributed by atoms with E-state index in [2.05, 4.69) is 10.6 Å². The molecule has 8 heteroatoms. The molecule has 1 aliphatic rings. The lowest BCUT2D eigenvalue weighted by Crippen LogP contribution is -2.49. The van der Waals surface area contributed by atoms with E-state index in [9.17, 15) is 18.8 Å². The number of benzene rings is 2. The van der Waals surface area contributed by atoms with E-state index in [4.69, 9.17) is 5.73 Å². The smallest absolute Gasteiger partial charge is 0.253 e. The predicted molar refractivity (Wildman–Crippen MR) is 148 cm³/mol. The topological polar surface area (TPSA) is 105 Å². The van der Waals surface area contributed by atoms with Gasteiger partial charge in [-0.15, -0.1) is 0 Å². The molecule has 0 heterocycles. The summed E-state index contributed by atoms with van der Waals surface area (Å²) in [5, 5.41) is 5.88. The molecule has 3 rings (SSSR count). The summed E-state index contributed by atoms with van der Waals surface area (Å²) in [6, 6.07) is 11.7. The number of rotatable bonds is 14. The summed E-state index contributed by atoms with van der Waals surface area (Å²) in [5.41, 5.74) is 7.98. The lowest BCUT2D eigenvalue weighted by atomic mass is 9.92. The standard InChI is InChI=1S/C30H41FN4O3/c1-4-15-35(16-5-2)30(38)23-8-6-7-22(19-23)29(37)34-27(18-21-9-10-21)26(32)17-20(3)28(36)33-25-13-11-24(31)12-14-25/h6-8,11-14,19-21,26-27H,4-5,9-10,15-18,32H2,1-3H3,(H,33,36)(H,34,37)/t20-,26+,27+/m1/s1. The third-order valence-corrected chi connectivity index (χ3v) is 6.95. The highest BCUT2D eigenvalue weighted by Gasteiger charge is 2.31. The van der Waals surface area contributed by atoms with Gasteiger partial charge in [0.2, 0.25) is 5.91 Å². The summed E-state index contributed by atoms with van der Waals surface area (Å²) in [6.45, 7) is 7.22. The van der Waals surface area contributed by atoms with Crippen molar-refractivity contribution in [1.82, 2.24) is 10.2 Å². The van der Waals surface area contributed by atoms with E-state index in [0.717, 1.165) is 32.1 Å². The van der Waals surface area contributed by atoms with Crippen molar-refractivity contribution < 1.29 is 18.8 Å². The van der Waals surface area contributed by atoms with Crippen molar-refractivity contribution in [3.05, 3.63) is 65.5 Å². The minimum atomic E-state index is -0.428. The van der Waals surface area contributed by atoms with Crippen LogP contribution >= 0.6 is 0 Å². The summed E-state index contributed by atoms with van der Waals surface area (Å²) in [7, 11) is 0. The molecule has 2 aromatic carbocycles. The Kier molecular flexibility index (Phi) is 10.8. The fourth-order valence-electron chi connectivity index (χ4n) is 4.61. The zero-order valence-corrected chi connectivity index (χ0v) is 22.7. The van der Waals surface area contributed by atoms with Crippen LogP contribution in [0.4, 0.5) is 10.1 Å². The van der Waals surface area contributed by atoms with Crippen LogP contribution in [0.25, 0.3) is 0 Å². The van der Waals surface area contributed by atoms with Crippen LogP contribution in [-0.4, -0.2) is 47.8 Å². The summed E-state index contributed by atoms with van der Waals surface area (Å²) >= 11 is 0. The van der Waals surface area contributed by atoms with Crippen LogP contribution in [0.1, 0.15) is 80.0 Å². The Morgan fingerprint density at radius 1 is 1.03 bits per heavy atom. The number of carbonyl (C=O) groups is 3. The lowest BCUT2D eigenvalue weighted by Gasteiger charge is -2.27. The quantitative estimate of drug-likeness (QED) is 0.324. The highest BCUT2D eigenvalue weighted by Crippen LogP contribution is 2.34. The van der Waals surface area contributed by atoms with E-state index in [1.165, 1.54) is 24.3 Å². The average Bonchev–Trinajstić information content (AvgIpc) is 3.73. The summed E-state index contributed by atoms with van der Waals surface area (Å²) in [4.78, 5) is 40.8. The van der Waals surface area contributed by atoms with Crippen molar-refractivity contribution in [3.63, 3.8) is 0 Å².